The molecule has 2 aromatic rings. The van der Waals surface area contributed by atoms with Crippen molar-refractivity contribution in [3.63, 3.8) is 0 Å². The predicted octanol–water partition coefficient (Wildman–Crippen LogP) is 6.56. The van der Waals surface area contributed by atoms with E-state index in [0.29, 0.717) is 11.8 Å². The summed E-state index contributed by atoms with van der Waals surface area (Å²) in [6.07, 6.45) is 8.37. The van der Waals surface area contributed by atoms with Gasteiger partial charge in [0.2, 0.25) is 0 Å². The average Bonchev–Trinajstić information content (AvgIpc) is 3.14. The lowest BCUT2D eigenvalue weighted by Crippen LogP contribution is -2.07. The number of fused-ring (bicyclic) bond motifs is 2. The normalized spacial score (nSPS) is 21.7. The van der Waals surface area contributed by atoms with Gasteiger partial charge < -0.3 is 0 Å². The van der Waals surface area contributed by atoms with Crippen LogP contribution >= 0.6 is 0 Å². The molecule has 0 aliphatic heterocycles. The second-order valence-corrected chi connectivity index (χ2v) is 6.74. The molecule has 2 aromatic carbocycles. The van der Waals surface area contributed by atoms with Gasteiger partial charge in [-0.05, 0) is 41.5 Å². The minimum atomic E-state index is 0.585. The minimum absolute atomic E-state index is 0.585. The van der Waals surface area contributed by atoms with E-state index >= 15 is 0 Å². The fourth-order valence-corrected chi connectivity index (χ4v) is 4.41. The van der Waals surface area contributed by atoms with E-state index in [1.807, 2.05) is 0 Å². The Labute approximate surface area is 139 Å². The summed E-state index contributed by atoms with van der Waals surface area (Å²) >= 11 is 0. The number of allylic oxidation sites excluding steroid dienone is 2. The molecule has 23 heavy (non-hydrogen) atoms. The molecule has 0 heteroatoms. The van der Waals surface area contributed by atoms with Gasteiger partial charge in [-0.2, -0.15) is 0 Å². The van der Waals surface area contributed by atoms with E-state index in [2.05, 4.69) is 74.5 Å². The highest BCUT2D eigenvalue weighted by Gasteiger charge is 2.31. The van der Waals surface area contributed by atoms with Crippen LogP contribution in [-0.2, 0) is 0 Å². The summed E-state index contributed by atoms with van der Waals surface area (Å²) in [5.74, 6) is 1.17. The van der Waals surface area contributed by atoms with Gasteiger partial charge in [0.15, 0.2) is 0 Å². The van der Waals surface area contributed by atoms with Gasteiger partial charge in [0.05, 0.1) is 0 Å². The lowest BCUT2D eigenvalue weighted by atomic mass is 9.80. The molecule has 2 aliphatic carbocycles. The number of rotatable bonds is 4. The van der Waals surface area contributed by atoms with Crippen LogP contribution < -0.4 is 0 Å². The molecule has 0 saturated carbocycles. The highest BCUT2D eigenvalue weighted by atomic mass is 14.3. The van der Waals surface area contributed by atoms with Gasteiger partial charge >= 0.3 is 0 Å². The Morgan fingerprint density at radius 1 is 0.652 bits per heavy atom. The molecule has 0 aromatic heterocycles. The van der Waals surface area contributed by atoms with E-state index in [1.54, 1.807) is 11.1 Å². The van der Waals surface area contributed by atoms with E-state index in [1.165, 1.54) is 28.7 Å². The maximum atomic E-state index is 2.43. The van der Waals surface area contributed by atoms with Crippen LogP contribution in [0.25, 0.3) is 12.2 Å². The highest BCUT2D eigenvalue weighted by molar-refractivity contribution is 5.69. The van der Waals surface area contributed by atoms with Crippen LogP contribution in [0, 0.1) is 0 Å². The summed E-state index contributed by atoms with van der Waals surface area (Å²) in [6.45, 7) is 4.59. The molecule has 0 radical (unpaired) electrons. The molecule has 4 rings (SSSR count). The number of hydrogen-bond donors (Lipinski definition) is 0. The second-order valence-electron chi connectivity index (χ2n) is 6.74. The molecule has 0 saturated heterocycles. The zero-order chi connectivity index (χ0) is 15.8. The molecular formula is C23H24. The van der Waals surface area contributed by atoms with E-state index < -0.39 is 0 Å². The molecule has 0 spiro atoms. The van der Waals surface area contributed by atoms with Crippen molar-refractivity contribution in [2.75, 3.05) is 0 Å². The highest BCUT2D eigenvalue weighted by Crippen LogP contribution is 2.48. The molecule has 0 N–H and O–H groups in total. The van der Waals surface area contributed by atoms with Gasteiger partial charge in [0.1, 0.15) is 0 Å². The fraction of sp³-hybridized carbons (Fsp3) is 0.304. The Kier molecular flexibility index (Phi) is 3.69. The van der Waals surface area contributed by atoms with Gasteiger partial charge in [-0.15, -0.1) is 0 Å². The van der Waals surface area contributed by atoms with Gasteiger partial charge in [0.25, 0.3) is 0 Å². The van der Waals surface area contributed by atoms with Crippen molar-refractivity contribution in [3.05, 3.63) is 81.9 Å². The van der Waals surface area contributed by atoms with E-state index in [0.717, 1.165) is 12.8 Å². The van der Waals surface area contributed by atoms with E-state index in [4.69, 9.17) is 0 Å². The van der Waals surface area contributed by atoms with Crippen molar-refractivity contribution in [1.29, 1.82) is 0 Å². The van der Waals surface area contributed by atoms with Crippen molar-refractivity contribution in [3.8, 4) is 0 Å². The molecule has 2 atom stereocenters. The summed E-state index contributed by atoms with van der Waals surface area (Å²) in [5, 5.41) is 0. The second kappa shape index (κ2) is 5.85. The van der Waals surface area contributed by atoms with Crippen molar-refractivity contribution in [2.24, 2.45) is 0 Å². The Balaban J connectivity index is 1.70. The number of hydrogen-bond acceptors (Lipinski definition) is 0. The lowest BCUT2D eigenvalue weighted by Gasteiger charge is -2.23. The predicted molar refractivity (Wildman–Crippen MR) is 99.5 cm³/mol. The van der Waals surface area contributed by atoms with Crippen LogP contribution in [0.15, 0.2) is 59.7 Å². The quantitative estimate of drug-likeness (QED) is 0.600. The van der Waals surface area contributed by atoms with Crippen LogP contribution in [-0.4, -0.2) is 0 Å². The van der Waals surface area contributed by atoms with Crippen LogP contribution in [0.5, 0.6) is 0 Å². The van der Waals surface area contributed by atoms with E-state index in [9.17, 15) is 0 Å². The maximum absolute atomic E-state index is 2.43. The van der Waals surface area contributed by atoms with Gasteiger partial charge in [-0.3, -0.25) is 0 Å². The zero-order valence-corrected chi connectivity index (χ0v) is 14.0. The molecule has 0 nitrogen and oxygen atoms in total. The zero-order valence-electron chi connectivity index (χ0n) is 14.0. The van der Waals surface area contributed by atoms with Crippen LogP contribution in [0.3, 0.4) is 0 Å². The molecule has 2 unspecified atom stereocenters. The fourth-order valence-electron chi connectivity index (χ4n) is 4.41. The molecular weight excluding hydrogens is 276 g/mol. The standard InChI is InChI=1S/C23H24/c1-3-16-13-18-9-5-7-11-20(18)22(16)15-23-17(4-2)14-19-10-6-8-12-21(19)23/h5-14,22-23H,3-4,15H2,1-2H3. The number of benzene rings is 2. The van der Waals surface area contributed by atoms with E-state index in [-0.39, 0.29) is 0 Å². The first kappa shape index (κ1) is 14.5. The van der Waals surface area contributed by atoms with Crippen molar-refractivity contribution >= 4 is 12.2 Å². The van der Waals surface area contributed by atoms with Gasteiger partial charge in [-0.1, -0.05) is 85.7 Å². The third-order valence-electron chi connectivity index (χ3n) is 5.61. The summed E-state index contributed by atoms with van der Waals surface area (Å²) in [4.78, 5) is 0. The molecule has 0 fully saturated rings. The molecule has 116 valence electrons. The monoisotopic (exact) mass is 300 g/mol. The van der Waals surface area contributed by atoms with Gasteiger partial charge in [-0.25, -0.2) is 0 Å². The SMILES string of the molecule is CCC1=Cc2ccccc2C1CC1C(CC)=Cc2ccccc21. The summed E-state index contributed by atoms with van der Waals surface area (Å²) in [7, 11) is 0. The topological polar surface area (TPSA) is 0 Å². The van der Waals surface area contributed by atoms with Crippen LogP contribution in [0.1, 0.15) is 67.2 Å². The van der Waals surface area contributed by atoms with Crippen molar-refractivity contribution in [2.45, 2.75) is 44.9 Å². The Morgan fingerprint density at radius 3 is 1.52 bits per heavy atom. The average molecular weight is 300 g/mol. The molecule has 0 amide bonds. The Morgan fingerprint density at radius 2 is 1.09 bits per heavy atom. The molecule has 0 heterocycles. The smallest absolute Gasteiger partial charge is 0.00662 e. The Bertz CT molecular complexity index is 724. The summed E-state index contributed by atoms with van der Waals surface area (Å²) < 4.78 is 0. The minimum Gasteiger partial charge on any atom is -0.0623 e. The van der Waals surface area contributed by atoms with Crippen LogP contribution in [0.4, 0.5) is 0 Å². The van der Waals surface area contributed by atoms with Crippen LogP contribution in [0.2, 0.25) is 0 Å². The molecule has 2 aliphatic rings. The third kappa shape index (κ3) is 2.37. The first-order valence-corrected chi connectivity index (χ1v) is 8.90. The summed E-state index contributed by atoms with van der Waals surface area (Å²) in [5.41, 5.74) is 9.13. The van der Waals surface area contributed by atoms with Crippen molar-refractivity contribution in [1.82, 2.24) is 0 Å². The van der Waals surface area contributed by atoms with Crippen molar-refractivity contribution < 1.29 is 0 Å². The first-order chi connectivity index (χ1) is 11.3. The third-order valence-corrected chi connectivity index (χ3v) is 5.61. The lowest BCUT2D eigenvalue weighted by molar-refractivity contribution is 0.621. The Hall–Kier alpha value is -2.08. The first-order valence-electron chi connectivity index (χ1n) is 8.90. The van der Waals surface area contributed by atoms with Gasteiger partial charge in [0, 0.05) is 11.8 Å². The molecule has 0 bridgehead atoms. The largest absolute Gasteiger partial charge is 0.0623 e. The maximum Gasteiger partial charge on any atom is 0.00662 e. The summed E-state index contributed by atoms with van der Waals surface area (Å²) in [6, 6.07) is 17.9.